The molecule has 0 radical (unpaired) electrons. The maximum absolute atomic E-state index is 4.91. The molecule has 1 nitrogen and oxygen atoms in total. The average molecular weight is 353 g/mol. The van der Waals surface area contributed by atoms with Crippen molar-refractivity contribution in [2.24, 2.45) is 0 Å². The number of rotatable bonds is 1. The highest BCUT2D eigenvalue weighted by Gasteiger charge is 1.80. The molecule has 2 aromatic rings. The summed E-state index contributed by atoms with van der Waals surface area (Å²) in [4.78, 5) is 0. The average Bonchev–Trinajstić information content (AvgIpc) is 2.70. The van der Waals surface area contributed by atoms with Gasteiger partial charge in [-0.25, -0.2) is 0 Å². The Kier molecular flexibility index (Phi) is 66.8. The SMILES string of the molecule is C.C.CC.CC.CC.CC.COc1ccccc1.Cc1ccccc1. The van der Waals surface area contributed by atoms with E-state index in [-0.39, 0.29) is 14.9 Å². The molecular formula is C24H48O. The normalized spacial score (nSPS) is 6.16. The van der Waals surface area contributed by atoms with Crippen LogP contribution in [0.2, 0.25) is 0 Å². The lowest BCUT2D eigenvalue weighted by Crippen LogP contribution is -1.78. The summed E-state index contributed by atoms with van der Waals surface area (Å²) in [6.07, 6.45) is 0. The Balaban J connectivity index is -0.0000000491. The van der Waals surface area contributed by atoms with E-state index in [0.717, 1.165) is 5.75 Å². The molecule has 1 heteroatoms. The van der Waals surface area contributed by atoms with Crippen LogP contribution in [0.25, 0.3) is 0 Å². The van der Waals surface area contributed by atoms with Crippen molar-refractivity contribution in [2.75, 3.05) is 7.11 Å². The third kappa shape index (κ3) is 34.5. The third-order valence-electron chi connectivity index (χ3n) is 1.92. The minimum Gasteiger partial charge on any atom is -0.497 e. The Morgan fingerprint density at radius 2 is 0.800 bits per heavy atom. The Morgan fingerprint density at radius 3 is 0.960 bits per heavy atom. The topological polar surface area (TPSA) is 9.23 Å². The van der Waals surface area contributed by atoms with Crippen molar-refractivity contribution >= 4 is 0 Å². The standard InChI is InChI=1S/C7H8O.C7H8.4C2H6.2CH4/c1-8-7-5-3-2-4-6-7;1-7-5-3-2-4-6-7;4*1-2;;/h2-6H,1H3;2-6H,1H3;4*1-2H3;2*1H4. The number of aryl methyl sites for hydroxylation is 1. The highest BCUT2D eigenvalue weighted by molar-refractivity contribution is 5.20. The van der Waals surface area contributed by atoms with Gasteiger partial charge in [0, 0.05) is 0 Å². The second-order valence-electron chi connectivity index (χ2n) is 3.17. The molecule has 0 aromatic heterocycles. The van der Waals surface area contributed by atoms with Gasteiger partial charge in [-0.15, -0.1) is 0 Å². The fraction of sp³-hybridized carbons (Fsp3) is 0.500. The molecule has 0 N–H and O–H groups in total. The highest BCUT2D eigenvalue weighted by Crippen LogP contribution is 2.05. The van der Waals surface area contributed by atoms with E-state index in [9.17, 15) is 0 Å². The molecule has 0 saturated heterocycles. The molecule has 0 aliphatic heterocycles. The first kappa shape index (κ1) is 38.7. The predicted octanol–water partition coefficient (Wildman–Crippen LogP) is 9.07. The van der Waals surface area contributed by atoms with Gasteiger partial charge in [-0.2, -0.15) is 0 Å². The molecule has 0 aliphatic carbocycles. The Labute approximate surface area is 161 Å². The van der Waals surface area contributed by atoms with Crippen LogP contribution in [0.4, 0.5) is 0 Å². The van der Waals surface area contributed by atoms with E-state index in [1.165, 1.54) is 5.56 Å². The van der Waals surface area contributed by atoms with Crippen LogP contribution in [0.5, 0.6) is 5.75 Å². The van der Waals surface area contributed by atoms with Gasteiger partial charge in [0.05, 0.1) is 7.11 Å². The molecule has 150 valence electrons. The number of hydrogen-bond acceptors (Lipinski definition) is 1. The molecule has 0 saturated carbocycles. The van der Waals surface area contributed by atoms with Crippen LogP contribution in [0, 0.1) is 6.92 Å². The van der Waals surface area contributed by atoms with Crippen molar-refractivity contribution in [3.63, 3.8) is 0 Å². The first-order valence-electron chi connectivity index (χ1n) is 8.93. The minimum atomic E-state index is 0. The lowest BCUT2D eigenvalue weighted by Gasteiger charge is -1.93. The quantitative estimate of drug-likeness (QED) is 0.497. The predicted molar refractivity (Wildman–Crippen MR) is 123 cm³/mol. The summed E-state index contributed by atoms with van der Waals surface area (Å²) in [6.45, 7) is 18.1. The van der Waals surface area contributed by atoms with Gasteiger partial charge in [0.2, 0.25) is 0 Å². The molecule has 2 aromatic carbocycles. The van der Waals surface area contributed by atoms with Crippen molar-refractivity contribution < 1.29 is 4.74 Å². The molecule has 0 spiro atoms. The number of benzene rings is 2. The van der Waals surface area contributed by atoms with Gasteiger partial charge in [-0.1, -0.05) is 124 Å². The summed E-state index contributed by atoms with van der Waals surface area (Å²) in [5.41, 5.74) is 1.32. The van der Waals surface area contributed by atoms with Crippen LogP contribution in [-0.2, 0) is 0 Å². The maximum atomic E-state index is 4.91. The van der Waals surface area contributed by atoms with Gasteiger partial charge in [-0.3, -0.25) is 0 Å². The molecule has 0 heterocycles. The third-order valence-corrected chi connectivity index (χ3v) is 1.92. The summed E-state index contributed by atoms with van der Waals surface area (Å²) in [7, 11) is 1.66. The fourth-order valence-electron chi connectivity index (χ4n) is 1.09. The molecule has 0 atom stereocenters. The van der Waals surface area contributed by atoms with E-state index in [1.807, 2.05) is 104 Å². The van der Waals surface area contributed by atoms with Crippen LogP contribution < -0.4 is 4.74 Å². The molecule has 0 unspecified atom stereocenters. The molecule has 0 amide bonds. The fourth-order valence-corrected chi connectivity index (χ4v) is 1.09. The summed E-state index contributed by atoms with van der Waals surface area (Å²) in [6, 6.07) is 19.9. The summed E-state index contributed by atoms with van der Waals surface area (Å²) < 4.78 is 4.91. The zero-order valence-corrected chi connectivity index (χ0v) is 17.2. The molecule has 0 bridgehead atoms. The van der Waals surface area contributed by atoms with Gasteiger partial charge in [0.15, 0.2) is 0 Å². The monoisotopic (exact) mass is 352 g/mol. The van der Waals surface area contributed by atoms with E-state index in [0.29, 0.717) is 0 Å². The van der Waals surface area contributed by atoms with Gasteiger partial charge < -0.3 is 4.74 Å². The molecule has 0 fully saturated rings. The van der Waals surface area contributed by atoms with Crippen LogP contribution in [0.15, 0.2) is 60.7 Å². The molecule has 25 heavy (non-hydrogen) atoms. The van der Waals surface area contributed by atoms with Crippen molar-refractivity contribution in [3.05, 3.63) is 66.2 Å². The van der Waals surface area contributed by atoms with E-state index < -0.39 is 0 Å². The van der Waals surface area contributed by atoms with Crippen LogP contribution in [-0.4, -0.2) is 7.11 Å². The zero-order valence-electron chi connectivity index (χ0n) is 17.2. The van der Waals surface area contributed by atoms with Gasteiger partial charge >= 0.3 is 0 Å². The summed E-state index contributed by atoms with van der Waals surface area (Å²) in [5, 5.41) is 0. The van der Waals surface area contributed by atoms with Gasteiger partial charge in [0.25, 0.3) is 0 Å². The zero-order chi connectivity index (χ0) is 18.9. The Morgan fingerprint density at radius 1 is 0.520 bits per heavy atom. The van der Waals surface area contributed by atoms with Crippen molar-refractivity contribution in [2.45, 2.75) is 77.2 Å². The highest BCUT2D eigenvalue weighted by atomic mass is 16.5. The molecule has 0 aliphatic rings. The van der Waals surface area contributed by atoms with E-state index in [1.54, 1.807) is 7.11 Å². The van der Waals surface area contributed by atoms with Gasteiger partial charge in [-0.05, 0) is 19.1 Å². The number of para-hydroxylation sites is 1. The Bertz CT molecular complexity index is 354. The summed E-state index contributed by atoms with van der Waals surface area (Å²) >= 11 is 0. The second kappa shape index (κ2) is 43.2. The number of hydrogen-bond donors (Lipinski definition) is 0. The van der Waals surface area contributed by atoms with E-state index in [4.69, 9.17) is 4.74 Å². The van der Waals surface area contributed by atoms with Crippen LogP contribution in [0.3, 0.4) is 0 Å². The van der Waals surface area contributed by atoms with Crippen molar-refractivity contribution in [3.8, 4) is 5.75 Å². The van der Waals surface area contributed by atoms with Crippen LogP contribution >= 0.6 is 0 Å². The number of ether oxygens (including phenoxy) is 1. The van der Waals surface area contributed by atoms with E-state index in [2.05, 4.69) is 19.1 Å². The van der Waals surface area contributed by atoms with Crippen molar-refractivity contribution in [1.29, 1.82) is 0 Å². The maximum Gasteiger partial charge on any atom is 0.118 e. The van der Waals surface area contributed by atoms with Crippen molar-refractivity contribution in [1.82, 2.24) is 0 Å². The van der Waals surface area contributed by atoms with Crippen LogP contribution in [0.1, 0.15) is 75.8 Å². The van der Waals surface area contributed by atoms with Gasteiger partial charge in [0.1, 0.15) is 5.75 Å². The van der Waals surface area contributed by atoms with E-state index >= 15 is 0 Å². The second-order valence-corrected chi connectivity index (χ2v) is 3.17. The largest absolute Gasteiger partial charge is 0.497 e. The molecular weight excluding hydrogens is 304 g/mol. The lowest BCUT2D eigenvalue weighted by atomic mass is 10.2. The lowest BCUT2D eigenvalue weighted by molar-refractivity contribution is 0.415. The smallest absolute Gasteiger partial charge is 0.118 e. The summed E-state index contributed by atoms with van der Waals surface area (Å²) in [5.74, 6) is 0.910. The minimum absolute atomic E-state index is 0. The first-order valence-corrected chi connectivity index (χ1v) is 8.93. The number of methoxy groups -OCH3 is 1. The molecule has 2 rings (SSSR count). The Hall–Kier alpha value is -1.76. The first-order chi connectivity index (χ1) is 11.3.